The van der Waals surface area contributed by atoms with Gasteiger partial charge in [0.15, 0.2) is 0 Å². The van der Waals surface area contributed by atoms with Crippen molar-refractivity contribution in [1.29, 1.82) is 0 Å². The van der Waals surface area contributed by atoms with Crippen LogP contribution in [0.15, 0.2) is 60.8 Å². The fourth-order valence-electron chi connectivity index (χ4n) is 5.66. The first-order valence-corrected chi connectivity index (χ1v) is 14.1. The van der Waals surface area contributed by atoms with E-state index in [4.69, 9.17) is 9.97 Å². The Labute approximate surface area is 233 Å². The zero-order valence-electron chi connectivity index (χ0n) is 23.1. The molecule has 1 aliphatic rings. The molecular formula is C32H36F3N5. The van der Waals surface area contributed by atoms with Gasteiger partial charge in [0.05, 0.1) is 23.3 Å². The summed E-state index contributed by atoms with van der Waals surface area (Å²) in [5, 5.41) is 7.85. The zero-order chi connectivity index (χ0) is 28.1. The summed E-state index contributed by atoms with van der Waals surface area (Å²) in [6, 6.07) is 16.1. The number of pyridine rings is 1. The lowest BCUT2D eigenvalue weighted by molar-refractivity contribution is -0.137. The van der Waals surface area contributed by atoms with E-state index in [1.165, 1.54) is 55.5 Å². The molecule has 2 N–H and O–H groups in total. The number of nitrogens with one attached hydrogen (secondary N) is 2. The normalized spacial score (nSPS) is 15.3. The maximum Gasteiger partial charge on any atom is 0.418 e. The third-order valence-corrected chi connectivity index (χ3v) is 8.02. The molecule has 1 aliphatic carbocycles. The number of aryl methyl sites for hydroxylation is 1. The number of hydrogen-bond donors (Lipinski definition) is 2. The molecule has 5 nitrogen and oxygen atoms in total. The van der Waals surface area contributed by atoms with Crippen LogP contribution in [0.25, 0.3) is 22.2 Å². The summed E-state index contributed by atoms with van der Waals surface area (Å²) in [5.41, 5.74) is 2.59. The Hall–Kier alpha value is -3.52. The highest BCUT2D eigenvalue weighted by atomic mass is 19.4. The van der Waals surface area contributed by atoms with Gasteiger partial charge in [0, 0.05) is 29.7 Å². The number of hydrogen-bond acceptors (Lipinski definition) is 5. The third-order valence-electron chi connectivity index (χ3n) is 8.02. The molecule has 5 rings (SSSR count). The number of benzene rings is 2. The van der Waals surface area contributed by atoms with E-state index in [-0.39, 0.29) is 5.69 Å². The largest absolute Gasteiger partial charge is 0.418 e. The van der Waals surface area contributed by atoms with Crippen molar-refractivity contribution in [2.75, 3.05) is 11.9 Å². The van der Waals surface area contributed by atoms with Gasteiger partial charge >= 0.3 is 6.18 Å². The SMILES string of the molecule is Cc1ccccc1CCNc1nc(CNC(C)C2CCCCC2)nc2cc(-c3ncccc3C(F)(F)F)ccc12. The van der Waals surface area contributed by atoms with Crippen LogP contribution in [0.2, 0.25) is 0 Å². The molecule has 1 atom stereocenters. The van der Waals surface area contributed by atoms with E-state index in [9.17, 15) is 13.2 Å². The summed E-state index contributed by atoms with van der Waals surface area (Å²) < 4.78 is 41.2. The highest BCUT2D eigenvalue weighted by Gasteiger charge is 2.34. The Morgan fingerprint density at radius 2 is 1.77 bits per heavy atom. The van der Waals surface area contributed by atoms with Gasteiger partial charge in [0.25, 0.3) is 0 Å². The fourth-order valence-corrected chi connectivity index (χ4v) is 5.66. The molecule has 2 heterocycles. The number of anilines is 1. The molecule has 0 spiro atoms. The van der Waals surface area contributed by atoms with Crippen LogP contribution in [-0.2, 0) is 19.1 Å². The second kappa shape index (κ2) is 12.3. The molecule has 4 aromatic rings. The van der Waals surface area contributed by atoms with Crippen LogP contribution in [-0.4, -0.2) is 27.5 Å². The van der Waals surface area contributed by atoms with Gasteiger partial charge in [-0.25, -0.2) is 9.97 Å². The van der Waals surface area contributed by atoms with Crippen LogP contribution in [0.1, 0.15) is 61.5 Å². The average Bonchev–Trinajstić information content (AvgIpc) is 2.96. The maximum atomic E-state index is 13.7. The Kier molecular flexibility index (Phi) is 8.64. The van der Waals surface area contributed by atoms with Gasteiger partial charge in [0.1, 0.15) is 11.6 Å². The first kappa shape index (κ1) is 28.0. The van der Waals surface area contributed by atoms with Crippen LogP contribution in [0.4, 0.5) is 19.0 Å². The van der Waals surface area contributed by atoms with Crippen LogP contribution >= 0.6 is 0 Å². The molecule has 2 aromatic heterocycles. The fraction of sp³-hybridized carbons (Fsp3) is 0.406. The lowest BCUT2D eigenvalue weighted by Gasteiger charge is -2.28. The first-order chi connectivity index (χ1) is 19.3. The smallest absolute Gasteiger partial charge is 0.369 e. The molecule has 0 radical (unpaired) electrons. The maximum absolute atomic E-state index is 13.7. The topological polar surface area (TPSA) is 62.7 Å². The number of aromatic nitrogens is 3. The molecule has 1 saturated carbocycles. The zero-order valence-corrected chi connectivity index (χ0v) is 23.1. The Bertz CT molecular complexity index is 1450. The van der Waals surface area contributed by atoms with Gasteiger partial charge in [-0.3, -0.25) is 4.98 Å². The quantitative estimate of drug-likeness (QED) is 0.225. The number of fused-ring (bicyclic) bond motifs is 1. The van der Waals surface area contributed by atoms with Crippen LogP contribution in [0.3, 0.4) is 0 Å². The molecule has 8 heteroatoms. The van der Waals surface area contributed by atoms with Crippen molar-refractivity contribution in [3.63, 3.8) is 0 Å². The number of alkyl halides is 3. The van der Waals surface area contributed by atoms with E-state index in [1.807, 2.05) is 12.1 Å². The summed E-state index contributed by atoms with van der Waals surface area (Å²) >= 11 is 0. The molecule has 0 aliphatic heterocycles. The van der Waals surface area contributed by atoms with Crippen molar-refractivity contribution in [3.8, 4) is 11.3 Å². The lowest BCUT2D eigenvalue weighted by atomic mass is 9.84. The van der Waals surface area contributed by atoms with E-state index in [1.54, 1.807) is 18.2 Å². The van der Waals surface area contributed by atoms with Gasteiger partial charge in [0.2, 0.25) is 0 Å². The van der Waals surface area contributed by atoms with Crippen LogP contribution in [0, 0.1) is 12.8 Å². The minimum absolute atomic E-state index is 0.102. The van der Waals surface area contributed by atoms with Gasteiger partial charge in [-0.2, -0.15) is 13.2 Å². The summed E-state index contributed by atoms with van der Waals surface area (Å²) in [7, 11) is 0. The predicted octanol–water partition coefficient (Wildman–Crippen LogP) is 7.73. The van der Waals surface area contributed by atoms with Crippen LogP contribution in [0.5, 0.6) is 0 Å². The van der Waals surface area contributed by atoms with Crippen molar-refractivity contribution >= 4 is 16.7 Å². The molecule has 2 aromatic carbocycles. The van der Waals surface area contributed by atoms with Gasteiger partial charge in [-0.1, -0.05) is 49.6 Å². The monoisotopic (exact) mass is 547 g/mol. The van der Waals surface area contributed by atoms with E-state index in [0.29, 0.717) is 47.8 Å². The van der Waals surface area contributed by atoms with E-state index < -0.39 is 11.7 Å². The average molecular weight is 548 g/mol. The molecule has 0 saturated heterocycles. The minimum Gasteiger partial charge on any atom is -0.369 e. The molecule has 1 fully saturated rings. The molecule has 0 amide bonds. The molecule has 40 heavy (non-hydrogen) atoms. The van der Waals surface area contributed by atoms with Crippen molar-refractivity contribution in [1.82, 2.24) is 20.3 Å². The summed E-state index contributed by atoms with van der Waals surface area (Å²) in [5.74, 6) is 1.93. The van der Waals surface area contributed by atoms with Crippen molar-refractivity contribution in [2.45, 2.75) is 71.1 Å². The summed E-state index contributed by atoms with van der Waals surface area (Å²) in [6.45, 7) is 5.47. The molecule has 1 unspecified atom stereocenters. The van der Waals surface area contributed by atoms with Gasteiger partial charge < -0.3 is 10.6 Å². The predicted molar refractivity (Wildman–Crippen MR) is 154 cm³/mol. The Balaban J connectivity index is 1.45. The Morgan fingerprint density at radius 1 is 0.975 bits per heavy atom. The number of nitrogens with zero attached hydrogens (tertiary/aromatic N) is 3. The minimum atomic E-state index is -4.50. The second-order valence-electron chi connectivity index (χ2n) is 10.8. The van der Waals surface area contributed by atoms with Crippen molar-refractivity contribution < 1.29 is 13.2 Å². The van der Waals surface area contributed by atoms with Gasteiger partial charge in [-0.15, -0.1) is 0 Å². The Morgan fingerprint density at radius 3 is 2.55 bits per heavy atom. The van der Waals surface area contributed by atoms with Crippen molar-refractivity contribution in [2.24, 2.45) is 5.92 Å². The van der Waals surface area contributed by atoms with Crippen molar-refractivity contribution in [3.05, 3.63) is 83.3 Å². The van der Waals surface area contributed by atoms with E-state index >= 15 is 0 Å². The second-order valence-corrected chi connectivity index (χ2v) is 10.8. The number of rotatable bonds is 9. The molecule has 210 valence electrons. The first-order valence-electron chi connectivity index (χ1n) is 14.1. The lowest BCUT2D eigenvalue weighted by Crippen LogP contribution is -2.34. The standard InChI is InChI=1S/C32H36F3N5/c1-21-9-6-7-10-23(21)16-18-37-31-26-15-14-25(30-27(32(33,34)35)13-8-17-36-30)19-28(26)39-29(40-31)20-38-22(2)24-11-4-3-5-12-24/h6-10,13-15,17,19,22,24,38H,3-5,11-12,16,18,20H2,1-2H3,(H,37,39,40). The number of halogens is 3. The van der Waals surface area contributed by atoms with E-state index in [2.05, 4.69) is 41.6 Å². The van der Waals surface area contributed by atoms with Gasteiger partial charge in [-0.05, 0) is 74.4 Å². The summed E-state index contributed by atoms with van der Waals surface area (Å²) in [4.78, 5) is 13.7. The van der Waals surface area contributed by atoms with Crippen LogP contribution < -0.4 is 10.6 Å². The molecule has 0 bridgehead atoms. The van der Waals surface area contributed by atoms with E-state index in [0.717, 1.165) is 17.9 Å². The summed E-state index contributed by atoms with van der Waals surface area (Å²) in [6.07, 6.45) is 4.02. The third kappa shape index (κ3) is 6.61. The highest BCUT2D eigenvalue weighted by Crippen LogP contribution is 2.37. The molecular weight excluding hydrogens is 511 g/mol. The highest BCUT2D eigenvalue weighted by molar-refractivity contribution is 5.92.